The molecule has 0 atom stereocenters. The van der Waals surface area contributed by atoms with Crippen LogP contribution in [0.4, 0.5) is 5.82 Å². The smallest absolute Gasteiger partial charge is 0.266 e. The van der Waals surface area contributed by atoms with E-state index in [4.69, 9.17) is 5.73 Å². The zero-order valence-corrected chi connectivity index (χ0v) is 11.3. The minimum absolute atomic E-state index is 0.148. The van der Waals surface area contributed by atoms with Crippen molar-refractivity contribution in [2.24, 2.45) is 5.73 Å². The van der Waals surface area contributed by atoms with Crippen LogP contribution in [-0.4, -0.2) is 27.8 Å². The van der Waals surface area contributed by atoms with E-state index < -0.39 is 5.91 Å². The predicted octanol–water partition coefficient (Wildman–Crippen LogP) is 1.37. The average molecular weight is 294 g/mol. The third-order valence-electron chi connectivity index (χ3n) is 1.99. The van der Waals surface area contributed by atoms with Crippen molar-refractivity contribution in [3.8, 4) is 0 Å². The Labute approximate surface area is 117 Å². The minimum Gasteiger partial charge on any atom is -0.369 e. The lowest BCUT2D eigenvalue weighted by atomic mass is 10.4. The molecule has 19 heavy (non-hydrogen) atoms. The van der Waals surface area contributed by atoms with Crippen molar-refractivity contribution < 1.29 is 9.59 Å². The van der Waals surface area contributed by atoms with Gasteiger partial charge in [-0.1, -0.05) is 17.8 Å². The normalized spacial score (nSPS) is 10.1. The van der Waals surface area contributed by atoms with Crippen LogP contribution < -0.4 is 11.1 Å². The predicted molar refractivity (Wildman–Crippen MR) is 74.2 cm³/mol. The number of aromatic nitrogens is 2. The highest BCUT2D eigenvalue weighted by atomic mass is 32.2. The van der Waals surface area contributed by atoms with E-state index in [1.165, 1.54) is 23.1 Å². The van der Waals surface area contributed by atoms with Crippen LogP contribution in [0.2, 0.25) is 0 Å². The molecule has 2 aromatic heterocycles. The Morgan fingerprint density at radius 3 is 2.74 bits per heavy atom. The molecule has 0 saturated heterocycles. The molecule has 2 heterocycles. The Balaban J connectivity index is 1.95. The van der Waals surface area contributed by atoms with E-state index in [0.717, 1.165) is 0 Å². The van der Waals surface area contributed by atoms with Gasteiger partial charge in [-0.2, -0.15) is 0 Å². The standard InChI is InChI=1S/C11H10N4O2S2/c12-8(16)6-19-10-4-3-9(14-15-10)13-11(17)7-2-1-5-18-7/h1-5H,6H2,(H2,12,16)(H,13,14,17). The fourth-order valence-corrected chi connectivity index (χ4v) is 2.37. The van der Waals surface area contributed by atoms with Crippen LogP contribution >= 0.6 is 23.1 Å². The van der Waals surface area contributed by atoms with Gasteiger partial charge in [-0.3, -0.25) is 9.59 Å². The van der Waals surface area contributed by atoms with Gasteiger partial charge in [0.1, 0.15) is 5.03 Å². The molecule has 0 fully saturated rings. The van der Waals surface area contributed by atoms with Crippen molar-refractivity contribution in [2.45, 2.75) is 5.03 Å². The average Bonchev–Trinajstić information content (AvgIpc) is 2.92. The number of thioether (sulfide) groups is 1. The van der Waals surface area contributed by atoms with E-state index in [9.17, 15) is 9.59 Å². The molecule has 98 valence electrons. The van der Waals surface area contributed by atoms with E-state index in [1.807, 2.05) is 5.38 Å². The topological polar surface area (TPSA) is 98.0 Å². The first-order valence-corrected chi connectivity index (χ1v) is 7.11. The summed E-state index contributed by atoms with van der Waals surface area (Å²) in [5.41, 5.74) is 5.03. The van der Waals surface area contributed by atoms with Gasteiger partial charge in [0.05, 0.1) is 10.6 Å². The van der Waals surface area contributed by atoms with Crippen LogP contribution in [0.15, 0.2) is 34.7 Å². The molecule has 0 unspecified atom stereocenters. The van der Waals surface area contributed by atoms with Crippen LogP contribution in [0, 0.1) is 0 Å². The number of primary amides is 1. The molecule has 2 amide bonds. The quantitative estimate of drug-likeness (QED) is 0.812. The van der Waals surface area contributed by atoms with Gasteiger partial charge >= 0.3 is 0 Å². The summed E-state index contributed by atoms with van der Waals surface area (Å²) in [6.07, 6.45) is 0. The number of amides is 2. The van der Waals surface area contributed by atoms with E-state index in [-0.39, 0.29) is 11.7 Å². The van der Waals surface area contributed by atoms with Crippen LogP contribution in [0.3, 0.4) is 0 Å². The van der Waals surface area contributed by atoms with Crippen LogP contribution in [0.25, 0.3) is 0 Å². The second-order valence-corrected chi connectivity index (χ2v) is 5.39. The van der Waals surface area contributed by atoms with Gasteiger partial charge in [0.2, 0.25) is 5.91 Å². The number of rotatable bonds is 5. The second kappa shape index (κ2) is 6.30. The van der Waals surface area contributed by atoms with Gasteiger partial charge in [-0.15, -0.1) is 21.5 Å². The van der Waals surface area contributed by atoms with Gasteiger partial charge in [0.15, 0.2) is 5.82 Å². The third-order valence-corrected chi connectivity index (χ3v) is 3.80. The summed E-state index contributed by atoms with van der Waals surface area (Å²) in [4.78, 5) is 23.0. The Bertz CT molecular complexity index is 569. The van der Waals surface area contributed by atoms with Gasteiger partial charge in [-0.05, 0) is 23.6 Å². The molecule has 3 N–H and O–H groups in total. The van der Waals surface area contributed by atoms with Crippen molar-refractivity contribution in [3.05, 3.63) is 34.5 Å². The first-order valence-electron chi connectivity index (χ1n) is 5.25. The second-order valence-electron chi connectivity index (χ2n) is 3.44. The fourth-order valence-electron chi connectivity index (χ4n) is 1.19. The number of hydrogen-bond donors (Lipinski definition) is 2. The minimum atomic E-state index is -0.415. The maximum absolute atomic E-state index is 11.7. The Kier molecular flexibility index (Phi) is 4.48. The number of nitrogens with one attached hydrogen (secondary N) is 1. The molecule has 8 heteroatoms. The maximum atomic E-state index is 11.7. The summed E-state index contributed by atoms with van der Waals surface area (Å²) in [7, 11) is 0. The lowest BCUT2D eigenvalue weighted by Crippen LogP contribution is -2.13. The molecule has 0 aliphatic carbocycles. The molecular weight excluding hydrogens is 284 g/mol. The number of carbonyl (C=O) groups is 2. The molecule has 0 spiro atoms. The first kappa shape index (κ1) is 13.5. The van der Waals surface area contributed by atoms with Crippen LogP contribution in [-0.2, 0) is 4.79 Å². The maximum Gasteiger partial charge on any atom is 0.266 e. The van der Waals surface area contributed by atoms with E-state index in [2.05, 4.69) is 15.5 Å². The zero-order valence-electron chi connectivity index (χ0n) is 9.70. The van der Waals surface area contributed by atoms with Gasteiger partial charge in [0.25, 0.3) is 5.91 Å². The molecule has 0 aliphatic heterocycles. The van der Waals surface area contributed by atoms with Crippen molar-refractivity contribution in [1.29, 1.82) is 0 Å². The van der Waals surface area contributed by atoms with E-state index in [1.54, 1.807) is 24.3 Å². The van der Waals surface area contributed by atoms with Crippen molar-refractivity contribution >= 4 is 40.7 Å². The molecule has 0 radical (unpaired) electrons. The summed E-state index contributed by atoms with van der Waals surface area (Å²) in [6, 6.07) is 6.83. The largest absolute Gasteiger partial charge is 0.369 e. The number of anilines is 1. The molecule has 0 bridgehead atoms. The van der Waals surface area contributed by atoms with Crippen LogP contribution in [0.5, 0.6) is 0 Å². The summed E-state index contributed by atoms with van der Waals surface area (Å²) in [5, 5.41) is 12.8. The Morgan fingerprint density at radius 1 is 1.32 bits per heavy atom. The molecule has 6 nitrogen and oxygen atoms in total. The number of carbonyl (C=O) groups excluding carboxylic acids is 2. The highest BCUT2D eigenvalue weighted by Gasteiger charge is 2.08. The SMILES string of the molecule is NC(=O)CSc1ccc(NC(=O)c2cccs2)nn1. The van der Waals surface area contributed by atoms with Gasteiger partial charge in [-0.25, -0.2) is 0 Å². The number of nitrogens with zero attached hydrogens (tertiary/aromatic N) is 2. The van der Waals surface area contributed by atoms with E-state index >= 15 is 0 Å². The molecule has 0 aliphatic rings. The first-order chi connectivity index (χ1) is 9.15. The summed E-state index contributed by atoms with van der Waals surface area (Å²) < 4.78 is 0. The van der Waals surface area contributed by atoms with Crippen molar-refractivity contribution in [3.63, 3.8) is 0 Å². The monoisotopic (exact) mass is 294 g/mol. The number of nitrogens with two attached hydrogens (primary N) is 1. The molecule has 2 aromatic rings. The summed E-state index contributed by atoms with van der Waals surface area (Å²) in [6.45, 7) is 0. The highest BCUT2D eigenvalue weighted by Crippen LogP contribution is 2.16. The van der Waals surface area contributed by atoms with Gasteiger partial charge in [0, 0.05) is 0 Å². The number of thiophene rings is 1. The number of hydrogen-bond acceptors (Lipinski definition) is 6. The molecule has 2 rings (SSSR count). The summed E-state index contributed by atoms with van der Waals surface area (Å²) in [5.74, 6) is -0.124. The Morgan fingerprint density at radius 2 is 2.16 bits per heavy atom. The van der Waals surface area contributed by atoms with E-state index in [0.29, 0.717) is 15.7 Å². The van der Waals surface area contributed by atoms with Crippen molar-refractivity contribution in [2.75, 3.05) is 11.1 Å². The third kappa shape index (κ3) is 4.04. The Hall–Kier alpha value is -1.93. The molecular formula is C11H10N4O2S2. The molecule has 0 saturated carbocycles. The highest BCUT2D eigenvalue weighted by molar-refractivity contribution is 7.99. The lowest BCUT2D eigenvalue weighted by molar-refractivity contribution is -0.115. The molecule has 0 aromatic carbocycles. The zero-order chi connectivity index (χ0) is 13.7. The van der Waals surface area contributed by atoms with Crippen LogP contribution in [0.1, 0.15) is 9.67 Å². The van der Waals surface area contributed by atoms with Gasteiger partial charge < -0.3 is 11.1 Å². The fraction of sp³-hybridized carbons (Fsp3) is 0.0909. The lowest BCUT2D eigenvalue weighted by Gasteiger charge is -2.02. The van der Waals surface area contributed by atoms with Crippen molar-refractivity contribution in [1.82, 2.24) is 10.2 Å². The summed E-state index contributed by atoms with van der Waals surface area (Å²) >= 11 is 2.54.